The zero-order valence-electron chi connectivity index (χ0n) is 6.33. The van der Waals surface area contributed by atoms with Crippen LogP contribution >= 0.6 is 15.9 Å². The summed E-state index contributed by atoms with van der Waals surface area (Å²) in [5.74, 6) is 2.96. The number of aromatic nitrogens is 2. The number of hydrogen-bond acceptors (Lipinski definition) is 3. The second-order valence-electron chi connectivity index (χ2n) is 1.98. The maximum Gasteiger partial charge on any atom is 0.232 e. The molecule has 0 unspecified atom stereocenters. The standard InChI is InChI=1S/C8H7BrN2O/c1-2-3-4-12-8-6-10-7(9)5-11-8/h1,5-6H,3-4H2. The van der Waals surface area contributed by atoms with E-state index in [-0.39, 0.29) is 0 Å². The molecule has 0 aliphatic carbocycles. The number of halogens is 1. The summed E-state index contributed by atoms with van der Waals surface area (Å²) in [7, 11) is 0. The second kappa shape index (κ2) is 4.73. The van der Waals surface area contributed by atoms with Gasteiger partial charge in [0.05, 0.1) is 12.4 Å². The maximum atomic E-state index is 5.16. The topological polar surface area (TPSA) is 35.0 Å². The first-order chi connectivity index (χ1) is 5.83. The minimum Gasteiger partial charge on any atom is -0.476 e. The molecule has 0 atom stereocenters. The van der Waals surface area contributed by atoms with Crippen LogP contribution in [0.5, 0.6) is 5.88 Å². The van der Waals surface area contributed by atoms with Crippen molar-refractivity contribution in [2.45, 2.75) is 6.42 Å². The van der Waals surface area contributed by atoms with Gasteiger partial charge >= 0.3 is 0 Å². The van der Waals surface area contributed by atoms with Crippen LogP contribution in [0.15, 0.2) is 17.0 Å². The van der Waals surface area contributed by atoms with Crippen molar-refractivity contribution in [2.75, 3.05) is 6.61 Å². The molecule has 62 valence electrons. The van der Waals surface area contributed by atoms with Gasteiger partial charge in [-0.25, -0.2) is 9.97 Å². The average molecular weight is 227 g/mol. The molecule has 0 spiro atoms. The van der Waals surface area contributed by atoms with E-state index in [2.05, 4.69) is 31.8 Å². The highest BCUT2D eigenvalue weighted by Gasteiger charge is 1.94. The van der Waals surface area contributed by atoms with Crippen LogP contribution in [-0.2, 0) is 0 Å². The van der Waals surface area contributed by atoms with Gasteiger partial charge in [0.15, 0.2) is 0 Å². The molecule has 0 saturated carbocycles. The molecule has 0 aromatic carbocycles. The first kappa shape index (κ1) is 9.01. The van der Waals surface area contributed by atoms with Gasteiger partial charge in [0.1, 0.15) is 11.2 Å². The molecular formula is C8H7BrN2O. The largest absolute Gasteiger partial charge is 0.476 e. The molecule has 1 rings (SSSR count). The van der Waals surface area contributed by atoms with Crippen LogP contribution < -0.4 is 4.74 Å². The highest BCUT2D eigenvalue weighted by atomic mass is 79.9. The molecule has 0 bridgehead atoms. The Morgan fingerprint density at radius 3 is 2.92 bits per heavy atom. The monoisotopic (exact) mass is 226 g/mol. The molecule has 0 aliphatic heterocycles. The van der Waals surface area contributed by atoms with E-state index < -0.39 is 0 Å². The van der Waals surface area contributed by atoms with Crippen LogP contribution in [0.2, 0.25) is 0 Å². The third-order valence-electron chi connectivity index (χ3n) is 1.09. The Kier molecular flexibility index (Phi) is 3.55. The molecule has 3 nitrogen and oxygen atoms in total. The lowest BCUT2D eigenvalue weighted by atomic mass is 10.5. The lowest BCUT2D eigenvalue weighted by Gasteiger charge is -2.00. The summed E-state index contributed by atoms with van der Waals surface area (Å²) in [5.41, 5.74) is 0. The van der Waals surface area contributed by atoms with E-state index in [0.29, 0.717) is 23.5 Å². The summed E-state index contributed by atoms with van der Waals surface area (Å²) in [6.45, 7) is 0.479. The van der Waals surface area contributed by atoms with E-state index in [1.807, 2.05) is 0 Å². The average Bonchev–Trinajstić information content (AvgIpc) is 2.09. The number of hydrogen-bond donors (Lipinski definition) is 0. The van der Waals surface area contributed by atoms with Crippen LogP contribution in [0.1, 0.15) is 6.42 Å². The molecule has 12 heavy (non-hydrogen) atoms. The molecule has 1 aromatic rings. The first-order valence-electron chi connectivity index (χ1n) is 3.36. The Labute approximate surface area is 79.3 Å². The van der Waals surface area contributed by atoms with E-state index in [4.69, 9.17) is 11.2 Å². The van der Waals surface area contributed by atoms with Crippen LogP contribution in [-0.4, -0.2) is 16.6 Å². The Hall–Kier alpha value is -1.08. The van der Waals surface area contributed by atoms with Crippen molar-refractivity contribution >= 4 is 15.9 Å². The molecule has 0 N–H and O–H groups in total. The number of rotatable bonds is 3. The fourth-order valence-electron chi connectivity index (χ4n) is 0.589. The summed E-state index contributed by atoms with van der Waals surface area (Å²) in [4.78, 5) is 7.89. The summed E-state index contributed by atoms with van der Waals surface area (Å²) in [6, 6.07) is 0. The minimum absolute atomic E-state index is 0.479. The number of nitrogens with zero attached hydrogens (tertiary/aromatic N) is 2. The zero-order chi connectivity index (χ0) is 8.81. The maximum absolute atomic E-state index is 5.16. The smallest absolute Gasteiger partial charge is 0.232 e. The van der Waals surface area contributed by atoms with Crippen molar-refractivity contribution in [3.8, 4) is 18.2 Å². The van der Waals surface area contributed by atoms with Crippen molar-refractivity contribution in [2.24, 2.45) is 0 Å². The Bertz CT molecular complexity index is 278. The molecule has 0 aliphatic rings. The summed E-state index contributed by atoms with van der Waals surface area (Å²) >= 11 is 3.17. The minimum atomic E-state index is 0.479. The van der Waals surface area contributed by atoms with Crippen molar-refractivity contribution in [1.29, 1.82) is 0 Å². The lowest BCUT2D eigenvalue weighted by molar-refractivity contribution is 0.313. The van der Waals surface area contributed by atoms with Crippen LogP contribution in [0.4, 0.5) is 0 Å². The predicted molar refractivity (Wildman–Crippen MR) is 48.7 cm³/mol. The molecule has 0 fully saturated rings. The zero-order valence-corrected chi connectivity index (χ0v) is 7.91. The molecule has 1 heterocycles. The van der Waals surface area contributed by atoms with Gasteiger partial charge in [-0.3, -0.25) is 0 Å². The molecule has 0 amide bonds. The van der Waals surface area contributed by atoms with Gasteiger partial charge in [0.2, 0.25) is 5.88 Å². The molecular weight excluding hydrogens is 220 g/mol. The number of terminal acetylenes is 1. The van der Waals surface area contributed by atoms with Gasteiger partial charge in [-0.15, -0.1) is 12.3 Å². The van der Waals surface area contributed by atoms with Gasteiger partial charge in [-0.05, 0) is 15.9 Å². The normalized spacial score (nSPS) is 9.00. The van der Waals surface area contributed by atoms with Crippen LogP contribution in [0.25, 0.3) is 0 Å². The van der Waals surface area contributed by atoms with Crippen LogP contribution in [0.3, 0.4) is 0 Å². The van der Waals surface area contributed by atoms with E-state index in [0.717, 1.165) is 0 Å². The summed E-state index contributed by atoms with van der Waals surface area (Å²) in [5, 5.41) is 0. The van der Waals surface area contributed by atoms with Gasteiger partial charge in [-0.2, -0.15) is 0 Å². The Morgan fingerprint density at radius 2 is 2.33 bits per heavy atom. The molecule has 0 radical (unpaired) electrons. The van der Waals surface area contributed by atoms with Crippen molar-refractivity contribution in [3.05, 3.63) is 17.0 Å². The summed E-state index contributed by atoms with van der Waals surface area (Å²) in [6.07, 6.45) is 8.74. The Balaban J connectivity index is 2.43. The number of ether oxygens (including phenoxy) is 1. The third-order valence-corrected chi connectivity index (χ3v) is 1.50. The van der Waals surface area contributed by atoms with Gasteiger partial charge in [-0.1, -0.05) is 0 Å². The second-order valence-corrected chi connectivity index (χ2v) is 2.79. The fourth-order valence-corrected chi connectivity index (χ4v) is 0.794. The van der Waals surface area contributed by atoms with Crippen molar-refractivity contribution < 1.29 is 4.74 Å². The highest BCUT2D eigenvalue weighted by molar-refractivity contribution is 9.10. The first-order valence-corrected chi connectivity index (χ1v) is 4.16. The van der Waals surface area contributed by atoms with Gasteiger partial charge < -0.3 is 4.74 Å². The SMILES string of the molecule is C#CCCOc1cnc(Br)cn1. The summed E-state index contributed by atoms with van der Waals surface area (Å²) < 4.78 is 5.85. The fraction of sp³-hybridized carbons (Fsp3) is 0.250. The third kappa shape index (κ3) is 2.89. The van der Waals surface area contributed by atoms with E-state index in [1.165, 1.54) is 0 Å². The van der Waals surface area contributed by atoms with Gasteiger partial charge in [0.25, 0.3) is 0 Å². The predicted octanol–water partition coefficient (Wildman–Crippen LogP) is 1.64. The molecule has 4 heteroatoms. The highest BCUT2D eigenvalue weighted by Crippen LogP contribution is 2.07. The Morgan fingerprint density at radius 1 is 1.50 bits per heavy atom. The van der Waals surface area contributed by atoms with E-state index in [1.54, 1.807) is 12.4 Å². The van der Waals surface area contributed by atoms with E-state index >= 15 is 0 Å². The molecule has 0 saturated heterocycles. The van der Waals surface area contributed by atoms with Crippen LogP contribution in [0, 0.1) is 12.3 Å². The van der Waals surface area contributed by atoms with Crippen molar-refractivity contribution in [1.82, 2.24) is 9.97 Å². The quantitative estimate of drug-likeness (QED) is 0.581. The van der Waals surface area contributed by atoms with E-state index in [9.17, 15) is 0 Å². The lowest BCUT2D eigenvalue weighted by Crippen LogP contribution is -1.97. The molecule has 1 aromatic heterocycles. The van der Waals surface area contributed by atoms with Gasteiger partial charge in [0, 0.05) is 6.42 Å². The van der Waals surface area contributed by atoms with Crippen molar-refractivity contribution in [3.63, 3.8) is 0 Å².